The number of methoxy groups -OCH3 is 1. The van der Waals surface area contributed by atoms with E-state index in [-0.39, 0.29) is 28.9 Å². The van der Waals surface area contributed by atoms with Crippen LogP contribution >= 0.6 is 11.6 Å². The number of aromatic nitrogens is 2. The summed E-state index contributed by atoms with van der Waals surface area (Å²) in [5.41, 5.74) is 1.50. The fourth-order valence-electron chi connectivity index (χ4n) is 4.72. The van der Waals surface area contributed by atoms with Crippen LogP contribution in [0.3, 0.4) is 0 Å². The van der Waals surface area contributed by atoms with E-state index in [9.17, 15) is 9.18 Å². The van der Waals surface area contributed by atoms with Crippen molar-refractivity contribution in [3.8, 4) is 11.5 Å². The first-order valence-electron chi connectivity index (χ1n) is 12.3. The van der Waals surface area contributed by atoms with Crippen LogP contribution in [-0.4, -0.2) is 23.0 Å². The van der Waals surface area contributed by atoms with Gasteiger partial charge in [0.1, 0.15) is 18.2 Å². The second kappa shape index (κ2) is 11.1. The van der Waals surface area contributed by atoms with E-state index < -0.39 is 0 Å². The van der Waals surface area contributed by atoms with Crippen molar-refractivity contribution in [1.29, 1.82) is 0 Å². The molecule has 37 heavy (non-hydrogen) atoms. The Morgan fingerprint density at radius 2 is 1.86 bits per heavy atom. The molecule has 1 aliphatic rings. The van der Waals surface area contributed by atoms with Crippen molar-refractivity contribution in [3.05, 3.63) is 98.8 Å². The van der Waals surface area contributed by atoms with Gasteiger partial charge in [-0.3, -0.25) is 4.79 Å². The second-order valence-electron chi connectivity index (χ2n) is 9.10. The summed E-state index contributed by atoms with van der Waals surface area (Å²) >= 11 is 6.52. The van der Waals surface area contributed by atoms with Crippen LogP contribution in [0.5, 0.6) is 11.5 Å². The second-order valence-corrected chi connectivity index (χ2v) is 9.51. The fraction of sp³-hybridized carbons (Fsp3) is 0.276. The molecule has 1 saturated carbocycles. The van der Waals surface area contributed by atoms with Crippen LogP contribution in [0.4, 0.5) is 4.39 Å². The Balaban J connectivity index is 1.49. The van der Waals surface area contributed by atoms with Gasteiger partial charge < -0.3 is 9.47 Å². The summed E-state index contributed by atoms with van der Waals surface area (Å²) in [6, 6.07) is 17.1. The first-order chi connectivity index (χ1) is 18.0. The summed E-state index contributed by atoms with van der Waals surface area (Å²) < 4.78 is 26.7. The Hall–Kier alpha value is -3.71. The molecule has 0 saturated heterocycles. The predicted octanol–water partition coefficient (Wildman–Crippen LogP) is 6.71. The molecule has 5 rings (SSSR count). The zero-order chi connectivity index (χ0) is 25.8. The quantitative estimate of drug-likeness (QED) is 0.255. The van der Waals surface area contributed by atoms with E-state index in [1.54, 1.807) is 42.6 Å². The lowest BCUT2D eigenvalue weighted by Crippen LogP contribution is -2.25. The summed E-state index contributed by atoms with van der Waals surface area (Å²) in [6.07, 6.45) is 6.94. The molecule has 1 aliphatic carbocycles. The highest BCUT2D eigenvalue weighted by Crippen LogP contribution is 2.37. The number of para-hydroxylation sites is 1. The van der Waals surface area contributed by atoms with Gasteiger partial charge >= 0.3 is 0 Å². The van der Waals surface area contributed by atoms with Crippen molar-refractivity contribution in [2.24, 2.45) is 5.10 Å². The lowest BCUT2D eigenvalue weighted by atomic mass is 9.88. The molecule has 4 aromatic rings. The van der Waals surface area contributed by atoms with Crippen molar-refractivity contribution < 1.29 is 13.9 Å². The Morgan fingerprint density at radius 3 is 2.65 bits per heavy atom. The Bertz CT molecular complexity index is 1510. The topological polar surface area (TPSA) is 65.7 Å². The van der Waals surface area contributed by atoms with Gasteiger partial charge in [-0.25, -0.2) is 9.37 Å². The number of benzene rings is 3. The molecular weight excluding hydrogens is 493 g/mol. The lowest BCUT2D eigenvalue weighted by molar-refractivity contribution is 0.280. The number of hydrogen-bond donors (Lipinski definition) is 0. The van der Waals surface area contributed by atoms with Gasteiger partial charge in [0, 0.05) is 11.5 Å². The third-order valence-electron chi connectivity index (χ3n) is 6.65. The van der Waals surface area contributed by atoms with Crippen molar-refractivity contribution in [1.82, 2.24) is 9.66 Å². The molecule has 0 bridgehead atoms. The number of rotatable bonds is 7. The molecule has 0 atom stereocenters. The zero-order valence-electron chi connectivity index (χ0n) is 20.5. The van der Waals surface area contributed by atoms with Gasteiger partial charge in [-0.2, -0.15) is 9.78 Å². The summed E-state index contributed by atoms with van der Waals surface area (Å²) in [7, 11) is 1.50. The highest BCUT2D eigenvalue weighted by atomic mass is 35.5. The van der Waals surface area contributed by atoms with Gasteiger partial charge in [0.2, 0.25) is 0 Å². The molecular formula is C29H27ClFN3O3. The van der Waals surface area contributed by atoms with Gasteiger partial charge in [-0.1, -0.05) is 61.2 Å². The van der Waals surface area contributed by atoms with E-state index in [2.05, 4.69) is 5.10 Å². The Morgan fingerprint density at radius 1 is 1.11 bits per heavy atom. The van der Waals surface area contributed by atoms with Gasteiger partial charge in [0.05, 0.1) is 29.2 Å². The molecule has 0 N–H and O–H groups in total. The molecule has 0 radical (unpaired) electrons. The minimum Gasteiger partial charge on any atom is -0.493 e. The first kappa shape index (κ1) is 25.0. The van der Waals surface area contributed by atoms with Gasteiger partial charge in [-0.15, -0.1) is 0 Å². The number of hydrogen-bond acceptors (Lipinski definition) is 5. The maximum absolute atomic E-state index is 14.0. The largest absolute Gasteiger partial charge is 0.493 e. The van der Waals surface area contributed by atoms with Gasteiger partial charge in [0.15, 0.2) is 11.5 Å². The van der Waals surface area contributed by atoms with E-state index in [1.165, 1.54) is 24.3 Å². The molecule has 1 heterocycles. The molecule has 3 aromatic carbocycles. The summed E-state index contributed by atoms with van der Waals surface area (Å²) in [6.45, 7) is -0.000902. The maximum atomic E-state index is 14.0. The van der Waals surface area contributed by atoms with Crippen molar-refractivity contribution >= 4 is 28.7 Å². The van der Waals surface area contributed by atoms with E-state index >= 15 is 0 Å². The third-order valence-corrected chi connectivity index (χ3v) is 6.93. The average molecular weight is 520 g/mol. The van der Waals surface area contributed by atoms with Crippen LogP contribution in [0.1, 0.15) is 55.0 Å². The molecule has 1 aromatic heterocycles. The maximum Gasteiger partial charge on any atom is 0.282 e. The van der Waals surface area contributed by atoms with Crippen molar-refractivity contribution in [2.45, 2.75) is 44.6 Å². The molecule has 0 amide bonds. The van der Waals surface area contributed by atoms with Crippen LogP contribution in [0.25, 0.3) is 10.9 Å². The normalized spacial score (nSPS) is 14.4. The molecule has 1 fully saturated rings. The van der Waals surface area contributed by atoms with E-state index in [0.717, 1.165) is 25.7 Å². The van der Waals surface area contributed by atoms with Crippen molar-refractivity contribution in [3.63, 3.8) is 0 Å². The number of fused-ring (bicyclic) bond motifs is 1. The number of nitrogens with zero attached hydrogens (tertiary/aromatic N) is 3. The molecule has 8 heteroatoms. The van der Waals surface area contributed by atoms with Crippen LogP contribution in [0, 0.1) is 5.82 Å². The SMILES string of the molecule is COc1cc(C=Nn2c(C3CCCCC3)nc3ccccc3c2=O)cc(Cl)c1OCc1ccccc1F. The Labute approximate surface area is 219 Å². The summed E-state index contributed by atoms with van der Waals surface area (Å²) in [4.78, 5) is 18.3. The third kappa shape index (κ3) is 5.37. The minimum absolute atomic E-state index is 0.000902. The monoisotopic (exact) mass is 519 g/mol. The smallest absolute Gasteiger partial charge is 0.282 e. The fourth-order valence-corrected chi connectivity index (χ4v) is 5.00. The number of halogens is 2. The lowest BCUT2D eigenvalue weighted by Gasteiger charge is -2.22. The zero-order valence-corrected chi connectivity index (χ0v) is 21.2. The van der Waals surface area contributed by atoms with E-state index in [0.29, 0.717) is 39.4 Å². The molecule has 0 unspecified atom stereocenters. The number of ether oxygens (including phenoxy) is 2. The van der Waals surface area contributed by atoms with Gasteiger partial charge in [0.25, 0.3) is 5.56 Å². The molecule has 190 valence electrons. The summed E-state index contributed by atoms with van der Waals surface area (Å²) in [5, 5.41) is 5.37. The Kier molecular flexibility index (Phi) is 7.51. The molecule has 0 aliphatic heterocycles. The predicted molar refractivity (Wildman–Crippen MR) is 144 cm³/mol. The summed E-state index contributed by atoms with van der Waals surface area (Å²) in [5.74, 6) is 1.18. The molecule has 0 spiro atoms. The van der Waals surface area contributed by atoms with E-state index in [4.69, 9.17) is 26.1 Å². The standard InChI is InChI=1S/C29H27ClFN3O3/c1-36-26-16-19(15-23(30)27(26)37-18-21-11-5-7-13-24(21)31)17-32-34-28(20-9-3-2-4-10-20)33-25-14-8-6-12-22(25)29(34)35/h5-8,11-17,20H,2-4,9-10,18H2,1H3. The van der Waals surface area contributed by atoms with Crippen LogP contribution < -0.4 is 15.0 Å². The molecule has 6 nitrogen and oxygen atoms in total. The van der Waals surface area contributed by atoms with Crippen LogP contribution in [-0.2, 0) is 6.61 Å². The van der Waals surface area contributed by atoms with Crippen LogP contribution in [0.2, 0.25) is 5.02 Å². The minimum atomic E-state index is -0.357. The van der Waals surface area contributed by atoms with Crippen molar-refractivity contribution in [2.75, 3.05) is 7.11 Å². The van der Waals surface area contributed by atoms with Crippen LogP contribution in [0.15, 0.2) is 70.6 Å². The highest BCUT2D eigenvalue weighted by molar-refractivity contribution is 6.32. The highest BCUT2D eigenvalue weighted by Gasteiger charge is 2.22. The van der Waals surface area contributed by atoms with Gasteiger partial charge in [-0.05, 0) is 48.7 Å². The first-order valence-corrected chi connectivity index (χ1v) is 12.7. The average Bonchev–Trinajstić information content (AvgIpc) is 2.93. The van der Waals surface area contributed by atoms with E-state index in [1.807, 2.05) is 18.2 Å².